The van der Waals surface area contributed by atoms with Crippen molar-refractivity contribution in [1.29, 1.82) is 0 Å². The average molecular weight is 421 g/mol. The number of rotatable bonds is 8. The van der Waals surface area contributed by atoms with Gasteiger partial charge in [-0.05, 0) is 68.6 Å². The summed E-state index contributed by atoms with van der Waals surface area (Å²) in [5.74, 6) is 0.827. The summed E-state index contributed by atoms with van der Waals surface area (Å²) >= 11 is 5.97. The first-order valence-corrected chi connectivity index (χ1v) is 10.7. The van der Waals surface area contributed by atoms with Gasteiger partial charge in [0.2, 0.25) is 5.91 Å². The Labute approximate surface area is 176 Å². The van der Waals surface area contributed by atoms with E-state index in [2.05, 4.69) is 5.32 Å². The molecule has 1 N–H and O–H groups in total. The number of esters is 1. The molecular formula is C22H29ClN2O4. The number of halogens is 1. The number of carbonyl (C=O) groups is 3. The van der Waals surface area contributed by atoms with Crippen molar-refractivity contribution < 1.29 is 19.1 Å². The van der Waals surface area contributed by atoms with Crippen LogP contribution >= 0.6 is 11.6 Å². The molecule has 2 bridgehead atoms. The molecule has 2 aliphatic carbocycles. The minimum Gasteiger partial charge on any atom is -0.456 e. The Hall–Kier alpha value is -2.08. The SMILES string of the molecule is CCN(CC(=O)Nc1cc(Cl)ccc1C)C(=O)COC(=O)C[C@H]1C[C@H]2CC[C@@H]1C2. The first kappa shape index (κ1) is 21.6. The largest absolute Gasteiger partial charge is 0.456 e. The molecule has 2 aliphatic rings. The van der Waals surface area contributed by atoms with Crippen LogP contribution in [0.2, 0.25) is 5.02 Å². The molecule has 3 atom stereocenters. The van der Waals surface area contributed by atoms with E-state index in [9.17, 15) is 14.4 Å². The van der Waals surface area contributed by atoms with Crippen molar-refractivity contribution in [3.8, 4) is 0 Å². The van der Waals surface area contributed by atoms with Crippen molar-refractivity contribution in [1.82, 2.24) is 4.90 Å². The van der Waals surface area contributed by atoms with Gasteiger partial charge in [-0.15, -0.1) is 0 Å². The van der Waals surface area contributed by atoms with Crippen molar-refractivity contribution in [2.45, 2.75) is 46.0 Å². The molecule has 158 valence electrons. The highest BCUT2D eigenvalue weighted by atomic mass is 35.5. The normalized spacial score (nSPS) is 22.4. The number of nitrogens with zero attached hydrogens (tertiary/aromatic N) is 1. The molecule has 0 spiro atoms. The molecule has 0 aromatic heterocycles. The second kappa shape index (κ2) is 9.61. The Morgan fingerprint density at radius 1 is 1.24 bits per heavy atom. The maximum Gasteiger partial charge on any atom is 0.306 e. The molecular weight excluding hydrogens is 392 g/mol. The van der Waals surface area contributed by atoms with Crippen LogP contribution < -0.4 is 5.32 Å². The Morgan fingerprint density at radius 3 is 2.69 bits per heavy atom. The van der Waals surface area contributed by atoms with E-state index in [4.69, 9.17) is 16.3 Å². The first-order valence-electron chi connectivity index (χ1n) is 10.3. The zero-order valence-electron chi connectivity index (χ0n) is 17.1. The molecule has 0 unspecified atom stereocenters. The van der Waals surface area contributed by atoms with Gasteiger partial charge in [0.1, 0.15) is 0 Å². The summed E-state index contributed by atoms with van der Waals surface area (Å²) in [7, 11) is 0. The van der Waals surface area contributed by atoms with Crippen LogP contribution in [0.1, 0.15) is 44.6 Å². The van der Waals surface area contributed by atoms with Crippen molar-refractivity contribution in [2.75, 3.05) is 25.0 Å². The monoisotopic (exact) mass is 420 g/mol. The van der Waals surface area contributed by atoms with Crippen molar-refractivity contribution in [2.24, 2.45) is 17.8 Å². The fourth-order valence-electron chi connectivity index (χ4n) is 4.60. The number of hydrogen-bond donors (Lipinski definition) is 1. The van der Waals surface area contributed by atoms with E-state index in [-0.39, 0.29) is 30.9 Å². The quantitative estimate of drug-likeness (QED) is 0.649. The number of ether oxygens (including phenoxy) is 1. The smallest absolute Gasteiger partial charge is 0.306 e. The summed E-state index contributed by atoms with van der Waals surface area (Å²) in [4.78, 5) is 38.2. The fraction of sp³-hybridized carbons (Fsp3) is 0.591. The summed E-state index contributed by atoms with van der Waals surface area (Å²) < 4.78 is 5.21. The third kappa shape index (κ3) is 5.72. The van der Waals surface area contributed by atoms with Crippen LogP contribution in [-0.2, 0) is 19.1 Å². The Kier molecular flexibility index (Phi) is 7.17. The van der Waals surface area contributed by atoms with E-state index >= 15 is 0 Å². The van der Waals surface area contributed by atoms with Gasteiger partial charge in [-0.3, -0.25) is 14.4 Å². The molecule has 7 heteroatoms. The highest BCUT2D eigenvalue weighted by Gasteiger charge is 2.40. The number of aryl methyl sites for hydroxylation is 1. The van der Waals surface area contributed by atoms with E-state index < -0.39 is 0 Å². The summed E-state index contributed by atoms with van der Waals surface area (Å²) in [5.41, 5.74) is 1.50. The van der Waals surface area contributed by atoms with Gasteiger partial charge >= 0.3 is 5.97 Å². The molecule has 29 heavy (non-hydrogen) atoms. The lowest BCUT2D eigenvalue weighted by atomic mass is 9.86. The Bertz CT molecular complexity index is 782. The van der Waals surface area contributed by atoms with Crippen LogP contribution in [0.4, 0.5) is 5.69 Å². The molecule has 0 heterocycles. The van der Waals surface area contributed by atoms with Gasteiger partial charge in [0.05, 0.1) is 6.54 Å². The van der Waals surface area contributed by atoms with Gasteiger partial charge in [-0.2, -0.15) is 0 Å². The number of anilines is 1. The molecule has 2 saturated carbocycles. The van der Waals surface area contributed by atoms with Gasteiger partial charge in [-0.25, -0.2) is 0 Å². The maximum absolute atomic E-state index is 12.4. The van der Waals surface area contributed by atoms with Crippen molar-refractivity contribution >= 4 is 35.1 Å². The molecule has 0 aliphatic heterocycles. The van der Waals surface area contributed by atoms with Crippen LogP contribution in [-0.4, -0.2) is 42.4 Å². The molecule has 6 nitrogen and oxygen atoms in total. The number of nitrogens with one attached hydrogen (secondary N) is 1. The average Bonchev–Trinajstić information content (AvgIpc) is 3.30. The van der Waals surface area contributed by atoms with Crippen LogP contribution in [0.5, 0.6) is 0 Å². The highest BCUT2D eigenvalue weighted by molar-refractivity contribution is 6.31. The number of carbonyl (C=O) groups excluding carboxylic acids is 3. The lowest BCUT2D eigenvalue weighted by Crippen LogP contribution is -2.40. The van der Waals surface area contributed by atoms with Crippen molar-refractivity contribution in [3.05, 3.63) is 28.8 Å². The van der Waals surface area contributed by atoms with Gasteiger partial charge in [0.25, 0.3) is 5.91 Å². The number of fused-ring (bicyclic) bond motifs is 2. The molecule has 0 radical (unpaired) electrons. The van der Waals surface area contributed by atoms with E-state index in [1.807, 2.05) is 13.0 Å². The van der Waals surface area contributed by atoms with E-state index in [1.54, 1.807) is 19.1 Å². The predicted molar refractivity (Wildman–Crippen MR) is 112 cm³/mol. The molecule has 2 fully saturated rings. The molecule has 2 amide bonds. The highest BCUT2D eigenvalue weighted by Crippen LogP contribution is 2.49. The summed E-state index contributed by atoms with van der Waals surface area (Å²) in [5, 5.41) is 3.30. The van der Waals surface area contributed by atoms with Crippen LogP contribution in [0.25, 0.3) is 0 Å². The molecule has 3 rings (SSSR count). The second-order valence-corrected chi connectivity index (χ2v) is 8.65. The minimum atomic E-state index is -0.369. The van der Waals surface area contributed by atoms with Gasteiger partial charge in [0.15, 0.2) is 6.61 Å². The predicted octanol–water partition coefficient (Wildman–Crippen LogP) is 3.80. The summed E-state index contributed by atoms with van der Waals surface area (Å²) in [6.07, 6.45) is 5.25. The second-order valence-electron chi connectivity index (χ2n) is 8.22. The van der Waals surface area contributed by atoms with E-state index in [1.165, 1.54) is 24.2 Å². The summed E-state index contributed by atoms with van der Waals surface area (Å²) in [6.45, 7) is 3.57. The minimum absolute atomic E-state index is 0.106. The zero-order valence-corrected chi connectivity index (χ0v) is 17.8. The Balaban J connectivity index is 1.43. The third-order valence-corrected chi connectivity index (χ3v) is 6.45. The molecule has 1 aromatic carbocycles. The fourth-order valence-corrected chi connectivity index (χ4v) is 4.77. The van der Waals surface area contributed by atoms with Crippen molar-refractivity contribution in [3.63, 3.8) is 0 Å². The number of hydrogen-bond acceptors (Lipinski definition) is 4. The standard InChI is InChI=1S/C22H29ClN2O4/c1-3-25(12-20(26)24-19-11-18(23)7-4-14(19)2)21(27)13-29-22(28)10-17-9-15-5-6-16(17)8-15/h4,7,11,15-17H,3,5-6,8-10,12-13H2,1-2H3,(H,24,26)/t15-,16+,17+/m0/s1. The van der Waals surface area contributed by atoms with E-state index in [0.29, 0.717) is 35.5 Å². The summed E-state index contributed by atoms with van der Waals surface area (Å²) in [6, 6.07) is 5.24. The lowest BCUT2D eigenvalue weighted by Gasteiger charge is -2.22. The van der Waals surface area contributed by atoms with Crippen LogP contribution in [0.3, 0.4) is 0 Å². The van der Waals surface area contributed by atoms with Crippen LogP contribution in [0, 0.1) is 24.7 Å². The first-order chi connectivity index (χ1) is 13.9. The molecule has 0 saturated heterocycles. The lowest BCUT2D eigenvalue weighted by molar-refractivity contribution is -0.153. The van der Waals surface area contributed by atoms with Gasteiger partial charge in [0, 0.05) is 23.7 Å². The number of benzene rings is 1. The van der Waals surface area contributed by atoms with Gasteiger partial charge < -0.3 is 15.0 Å². The molecule has 1 aromatic rings. The Morgan fingerprint density at radius 2 is 2.03 bits per heavy atom. The van der Waals surface area contributed by atoms with Crippen LogP contribution in [0.15, 0.2) is 18.2 Å². The van der Waals surface area contributed by atoms with E-state index in [0.717, 1.165) is 17.9 Å². The topological polar surface area (TPSA) is 75.7 Å². The van der Waals surface area contributed by atoms with Gasteiger partial charge in [-0.1, -0.05) is 24.1 Å². The number of amides is 2. The maximum atomic E-state index is 12.4. The zero-order chi connectivity index (χ0) is 21.0. The number of likely N-dealkylation sites (N-methyl/N-ethyl adjacent to an activating group) is 1. The third-order valence-electron chi connectivity index (χ3n) is 6.21.